The third-order valence-electron chi connectivity index (χ3n) is 6.34. The molecule has 32 heavy (non-hydrogen) atoms. The highest BCUT2D eigenvalue weighted by Gasteiger charge is 2.23. The van der Waals surface area contributed by atoms with E-state index in [0.717, 1.165) is 53.7 Å². The molecule has 2 aliphatic rings. The Bertz CT molecular complexity index is 1160. The van der Waals surface area contributed by atoms with Gasteiger partial charge in [0.05, 0.1) is 19.7 Å². The van der Waals surface area contributed by atoms with Crippen LogP contribution in [0, 0.1) is 0 Å². The van der Waals surface area contributed by atoms with Gasteiger partial charge in [0.15, 0.2) is 16.6 Å². The Morgan fingerprint density at radius 1 is 0.938 bits per heavy atom. The van der Waals surface area contributed by atoms with E-state index in [9.17, 15) is 0 Å². The molecule has 0 bridgehead atoms. The van der Waals surface area contributed by atoms with Crippen LogP contribution >= 0.6 is 12.2 Å². The van der Waals surface area contributed by atoms with Crippen LogP contribution in [0.5, 0.6) is 11.5 Å². The number of thiocarbonyl (C=S) groups is 1. The van der Waals surface area contributed by atoms with E-state index in [1.165, 1.54) is 30.4 Å². The van der Waals surface area contributed by atoms with Gasteiger partial charge in [-0.1, -0.05) is 6.07 Å². The highest BCUT2D eigenvalue weighted by molar-refractivity contribution is 7.80. The first-order chi connectivity index (χ1) is 15.7. The van der Waals surface area contributed by atoms with Crippen LogP contribution in [0.3, 0.4) is 0 Å². The minimum Gasteiger partial charge on any atom is -0.493 e. The number of aromatic nitrogens is 2. The van der Waals surface area contributed by atoms with E-state index in [1.54, 1.807) is 20.5 Å². The molecule has 2 aromatic carbocycles. The van der Waals surface area contributed by atoms with Crippen molar-refractivity contribution in [2.45, 2.75) is 19.3 Å². The molecule has 166 valence electrons. The highest BCUT2D eigenvalue weighted by atomic mass is 32.1. The first-order valence-corrected chi connectivity index (χ1v) is 11.4. The molecule has 0 saturated carbocycles. The molecule has 0 atom stereocenters. The zero-order chi connectivity index (χ0) is 22.1. The zero-order valence-corrected chi connectivity index (χ0v) is 19.2. The Hall–Kier alpha value is -3.13. The normalized spacial score (nSPS) is 15.6. The van der Waals surface area contributed by atoms with Crippen LogP contribution < -0.4 is 19.7 Å². The van der Waals surface area contributed by atoms with Gasteiger partial charge in [-0.25, -0.2) is 9.97 Å². The van der Waals surface area contributed by atoms with E-state index < -0.39 is 0 Å². The SMILES string of the molecule is COc1cc2ncnc(N3CCN(C(=S)Nc4ccc5c(c4)CCC5)CC3)c2cc1OC. The summed E-state index contributed by atoms with van der Waals surface area (Å²) in [5.74, 6) is 2.25. The second kappa shape index (κ2) is 8.78. The maximum Gasteiger partial charge on any atom is 0.173 e. The molecule has 1 fully saturated rings. The number of hydrogen-bond acceptors (Lipinski definition) is 6. The Labute approximate surface area is 193 Å². The van der Waals surface area contributed by atoms with Gasteiger partial charge < -0.3 is 24.6 Å². The van der Waals surface area contributed by atoms with E-state index in [4.69, 9.17) is 21.7 Å². The molecule has 1 aliphatic heterocycles. The molecule has 1 saturated heterocycles. The number of aryl methyl sites for hydroxylation is 2. The van der Waals surface area contributed by atoms with E-state index in [-0.39, 0.29) is 0 Å². The van der Waals surface area contributed by atoms with Crippen molar-refractivity contribution < 1.29 is 9.47 Å². The molecule has 1 aliphatic carbocycles. The summed E-state index contributed by atoms with van der Waals surface area (Å²) in [7, 11) is 3.27. The monoisotopic (exact) mass is 449 g/mol. The van der Waals surface area contributed by atoms with Crippen molar-refractivity contribution in [3.63, 3.8) is 0 Å². The number of fused-ring (bicyclic) bond motifs is 2. The average Bonchev–Trinajstić information content (AvgIpc) is 3.30. The lowest BCUT2D eigenvalue weighted by molar-refractivity contribution is 0.355. The quantitative estimate of drug-likeness (QED) is 0.606. The highest BCUT2D eigenvalue weighted by Crippen LogP contribution is 2.35. The smallest absolute Gasteiger partial charge is 0.173 e. The number of ether oxygens (including phenoxy) is 2. The van der Waals surface area contributed by atoms with Crippen molar-refractivity contribution in [3.05, 3.63) is 47.8 Å². The van der Waals surface area contributed by atoms with Crippen LogP contribution in [0.15, 0.2) is 36.7 Å². The number of anilines is 2. The Morgan fingerprint density at radius 2 is 1.69 bits per heavy atom. The van der Waals surface area contributed by atoms with Crippen molar-refractivity contribution in [1.29, 1.82) is 0 Å². The zero-order valence-electron chi connectivity index (χ0n) is 18.4. The van der Waals surface area contributed by atoms with Crippen molar-refractivity contribution in [3.8, 4) is 11.5 Å². The molecular formula is C24H27N5O2S. The van der Waals surface area contributed by atoms with Gasteiger partial charge in [0.25, 0.3) is 0 Å². The second-order valence-electron chi connectivity index (χ2n) is 8.16. The van der Waals surface area contributed by atoms with Crippen LogP contribution in [0.2, 0.25) is 0 Å². The van der Waals surface area contributed by atoms with E-state index in [0.29, 0.717) is 11.5 Å². The number of rotatable bonds is 4. The molecule has 5 rings (SSSR count). The molecule has 0 amide bonds. The molecule has 8 heteroatoms. The van der Waals surface area contributed by atoms with Crippen LogP contribution in [-0.2, 0) is 12.8 Å². The maximum atomic E-state index is 5.72. The first kappa shape index (κ1) is 20.8. The number of nitrogens with one attached hydrogen (secondary N) is 1. The van der Waals surface area contributed by atoms with Crippen molar-refractivity contribution in [2.75, 3.05) is 50.6 Å². The van der Waals surface area contributed by atoms with Crippen molar-refractivity contribution >= 4 is 39.7 Å². The Morgan fingerprint density at radius 3 is 2.47 bits per heavy atom. The molecule has 2 heterocycles. The Kier molecular flexibility index (Phi) is 5.70. The van der Waals surface area contributed by atoms with Gasteiger partial charge in [0.2, 0.25) is 0 Å². The summed E-state index contributed by atoms with van der Waals surface area (Å²) >= 11 is 5.72. The summed E-state index contributed by atoms with van der Waals surface area (Å²) in [5.41, 5.74) is 4.84. The lowest BCUT2D eigenvalue weighted by atomic mass is 10.1. The lowest BCUT2D eigenvalue weighted by Gasteiger charge is -2.37. The summed E-state index contributed by atoms with van der Waals surface area (Å²) in [4.78, 5) is 13.5. The first-order valence-electron chi connectivity index (χ1n) is 11.0. The number of benzene rings is 2. The van der Waals surface area contributed by atoms with Gasteiger partial charge in [-0.3, -0.25) is 0 Å². The summed E-state index contributed by atoms with van der Waals surface area (Å²) in [6, 6.07) is 10.5. The number of piperazine rings is 1. The van der Waals surface area contributed by atoms with Gasteiger partial charge in [-0.2, -0.15) is 0 Å². The molecule has 1 N–H and O–H groups in total. The van der Waals surface area contributed by atoms with Gasteiger partial charge in [0.1, 0.15) is 12.1 Å². The van der Waals surface area contributed by atoms with Gasteiger partial charge in [0, 0.05) is 43.3 Å². The fourth-order valence-electron chi connectivity index (χ4n) is 4.59. The lowest BCUT2D eigenvalue weighted by Crippen LogP contribution is -2.50. The molecular weight excluding hydrogens is 422 g/mol. The topological polar surface area (TPSA) is 62.8 Å². The molecule has 0 unspecified atom stereocenters. The predicted octanol–water partition coefficient (Wildman–Crippen LogP) is 3.65. The minimum absolute atomic E-state index is 0.664. The number of methoxy groups -OCH3 is 2. The van der Waals surface area contributed by atoms with Gasteiger partial charge >= 0.3 is 0 Å². The summed E-state index contributed by atoms with van der Waals surface area (Å²) in [6.45, 7) is 3.31. The van der Waals surface area contributed by atoms with E-state index >= 15 is 0 Å². The number of nitrogens with zero attached hydrogens (tertiary/aromatic N) is 4. The van der Waals surface area contributed by atoms with Gasteiger partial charge in [-0.05, 0) is 60.8 Å². The van der Waals surface area contributed by atoms with Crippen LogP contribution in [0.1, 0.15) is 17.5 Å². The van der Waals surface area contributed by atoms with Crippen LogP contribution in [0.4, 0.5) is 11.5 Å². The van der Waals surface area contributed by atoms with E-state index in [1.807, 2.05) is 12.1 Å². The molecule has 3 aromatic rings. The summed E-state index contributed by atoms with van der Waals surface area (Å²) in [5, 5.41) is 5.17. The van der Waals surface area contributed by atoms with E-state index in [2.05, 4.69) is 43.3 Å². The van der Waals surface area contributed by atoms with Crippen molar-refractivity contribution in [2.24, 2.45) is 0 Å². The molecule has 7 nitrogen and oxygen atoms in total. The molecule has 0 spiro atoms. The Balaban J connectivity index is 1.28. The van der Waals surface area contributed by atoms with Gasteiger partial charge in [-0.15, -0.1) is 0 Å². The molecule has 0 radical (unpaired) electrons. The van der Waals surface area contributed by atoms with Crippen LogP contribution in [0.25, 0.3) is 10.9 Å². The standard InChI is InChI=1S/C24H27N5O2S/c1-30-21-13-19-20(14-22(21)31-2)25-15-26-23(19)28-8-10-29(11-9-28)24(32)27-18-7-6-16-4-3-5-17(16)12-18/h6-7,12-15H,3-5,8-11H2,1-2H3,(H,27,32). The largest absolute Gasteiger partial charge is 0.493 e. The van der Waals surface area contributed by atoms with Crippen LogP contribution in [-0.4, -0.2) is 60.4 Å². The van der Waals surface area contributed by atoms with Crippen molar-refractivity contribution in [1.82, 2.24) is 14.9 Å². The predicted molar refractivity (Wildman–Crippen MR) is 131 cm³/mol. The fourth-order valence-corrected chi connectivity index (χ4v) is 4.90. The second-order valence-corrected chi connectivity index (χ2v) is 8.55. The summed E-state index contributed by atoms with van der Waals surface area (Å²) in [6.07, 6.45) is 5.22. The summed E-state index contributed by atoms with van der Waals surface area (Å²) < 4.78 is 10.9. The average molecular weight is 450 g/mol. The number of hydrogen-bond donors (Lipinski definition) is 1. The third-order valence-corrected chi connectivity index (χ3v) is 6.70. The fraction of sp³-hybridized carbons (Fsp3) is 0.375. The maximum absolute atomic E-state index is 5.72. The molecule has 1 aromatic heterocycles. The minimum atomic E-state index is 0.664. The third kappa shape index (κ3) is 3.90.